The number of hydrogen-bond donors (Lipinski definition) is 1. The fourth-order valence-corrected chi connectivity index (χ4v) is 3.57. The van der Waals surface area contributed by atoms with Crippen LogP contribution >= 0.6 is 0 Å². The highest BCUT2D eigenvalue weighted by atomic mass is 32.2. The van der Waals surface area contributed by atoms with Gasteiger partial charge in [-0.3, -0.25) is 4.68 Å². The second-order valence-electron chi connectivity index (χ2n) is 4.40. The van der Waals surface area contributed by atoms with Gasteiger partial charge in [-0.1, -0.05) is 0 Å². The van der Waals surface area contributed by atoms with Crippen molar-refractivity contribution in [3.63, 3.8) is 0 Å². The van der Waals surface area contributed by atoms with E-state index in [0.717, 1.165) is 0 Å². The van der Waals surface area contributed by atoms with E-state index in [9.17, 15) is 13.2 Å². The molecule has 0 radical (unpaired) electrons. The second kappa shape index (κ2) is 4.27. The van der Waals surface area contributed by atoms with Gasteiger partial charge in [0, 0.05) is 7.05 Å². The number of sulfone groups is 1. The average Bonchev–Trinajstić information content (AvgIpc) is 2.68. The quantitative estimate of drug-likeness (QED) is 0.739. The summed E-state index contributed by atoms with van der Waals surface area (Å²) in [6, 6.07) is 0. The van der Waals surface area contributed by atoms with Crippen molar-refractivity contribution in [3.05, 3.63) is 11.4 Å². The zero-order valence-electron chi connectivity index (χ0n) is 10.2. The lowest BCUT2D eigenvalue weighted by Crippen LogP contribution is -2.22. The van der Waals surface area contributed by atoms with Crippen molar-refractivity contribution in [2.45, 2.75) is 19.4 Å². The highest BCUT2D eigenvalue weighted by Crippen LogP contribution is 2.20. The van der Waals surface area contributed by atoms with Crippen molar-refractivity contribution in [2.24, 2.45) is 7.05 Å². The van der Waals surface area contributed by atoms with Crippen molar-refractivity contribution < 1.29 is 17.9 Å². The number of carbonyl (C=O) groups excluding carboxylic acids is 1. The number of esters is 1. The van der Waals surface area contributed by atoms with Crippen molar-refractivity contribution in [1.82, 2.24) is 9.78 Å². The number of carbonyl (C=O) groups is 1. The molecule has 1 aliphatic heterocycles. The molecular weight excluding hydrogens is 258 g/mol. The zero-order chi connectivity index (χ0) is 13.5. The molecular formula is C10H15N3O4S. The molecule has 1 aliphatic rings. The van der Waals surface area contributed by atoms with Crippen LogP contribution in [0.5, 0.6) is 0 Å². The summed E-state index contributed by atoms with van der Waals surface area (Å²) in [6.45, 7) is 1.69. The summed E-state index contributed by atoms with van der Waals surface area (Å²) in [4.78, 5) is 11.9. The first-order chi connectivity index (χ1) is 8.30. The molecule has 1 fully saturated rings. The van der Waals surface area contributed by atoms with E-state index in [2.05, 4.69) is 5.10 Å². The van der Waals surface area contributed by atoms with Crippen LogP contribution < -0.4 is 5.73 Å². The van der Waals surface area contributed by atoms with E-state index in [-0.39, 0.29) is 22.9 Å². The topological polar surface area (TPSA) is 104 Å². The number of rotatable bonds is 2. The Hall–Kier alpha value is -1.57. The first-order valence-corrected chi connectivity index (χ1v) is 7.33. The summed E-state index contributed by atoms with van der Waals surface area (Å²) in [6.07, 6.45) is -0.248. The van der Waals surface area contributed by atoms with Gasteiger partial charge in [0.05, 0.1) is 22.9 Å². The van der Waals surface area contributed by atoms with Gasteiger partial charge in [-0.25, -0.2) is 13.2 Å². The summed E-state index contributed by atoms with van der Waals surface area (Å²) in [7, 11) is -1.48. The normalized spacial score (nSPS) is 22.0. The molecule has 2 rings (SSSR count). The standard InChI is InChI=1S/C10H15N3O4S/c1-6-8(11)9(13(2)12-6)10(14)17-7-3-4-18(15,16)5-7/h7H,3-5,11H2,1-2H3. The summed E-state index contributed by atoms with van der Waals surface area (Å²) >= 11 is 0. The third-order valence-corrected chi connectivity index (χ3v) is 4.66. The van der Waals surface area contributed by atoms with Gasteiger partial charge in [0.2, 0.25) is 0 Å². The highest BCUT2D eigenvalue weighted by Gasteiger charge is 2.32. The number of nitrogens with two attached hydrogens (primary N) is 1. The van der Waals surface area contributed by atoms with Gasteiger partial charge < -0.3 is 10.5 Å². The number of anilines is 1. The van der Waals surface area contributed by atoms with Crippen LogP contribution in [0.15, 0.2) is 0 Å². The molecule has 1 aromatic heterocycles. The SMILES string of the molecule is Cc1nn(C)c(C(=O)OC2CCS(=O)(=O)C2)c1N. The molecule has 7 nitrogen and oxygen atoms in total. The number of nitrogens with zero attached hydrogens (tertiary/aromatic N) is 2. The van der Waals surface area contributed by atoms with Gasteiger partial charge in [-0.05, 0) is 13.3 Å². The summed E-state index contributed by atoms with van der Waals surface area (Å²) < 4.78 is 29.0. The fourth-order valence-electron chi connectivity index (χ4n) is 1.98. The van der Waals surface area contributed by atoms with E-state index in [1.165, 1.54) is 4.68 Å². The van der Waals surface area contributed by atoms with E-state index < -0.39 is 21.9 Å². The molecule has 0 spiro atoms. The molecule has 1 atom stereocenters. The summed E-state index contributed by atoms with van der Waals surface area (Å²) in [5, 5.41) is 4.01. The van der Waals surface area contributed by atoms with E-state index in [1.54, 1.807) is 14.0 Å². The Balaban J connectivity index is 2.14. The molecule has 1 aromatic rings. The average molecular weight is 273 g/mol. The van der Waals surface area contributed by atoms with Gasteiger partial charge in [-0.2, -0.15) is 5.10 Å². The van der Waals surface area contributed by atoms with Gasteiger partial charge >= 0.3 is 5.97 Å². The number of aryl methyl sites for hydroxylation is 2. The first-order valence-electron chi connectivity index (χ1n) is 5.50. The van der Waals surface area contributed by atoms with Crippen LogP contribution in [0, 0.1) is 6.92 Å². The number of hydrogen-bond acceptors (Lipinski definition) is 6. The maximum absolute atomic E-state index is 11.9. The zero-order valence-corrected chi connectivity index (χ0v) is 11.0. The maximum Gasteiger partial charge on any atom is 0.359 e. The van der Waals surface area contributed by atoms with E-state index in [1.807, 2.05) is 0 Å². The molecule has 1 unspecified atom stereocenters. The third-order valence-electron chi connectivity index (χ3n) is 2.93. The Labute approximate surface area is 105 Å². The Bertz CT molecular complexity index is 591. The minimum Gasteiger partial charge on any atom is -0.456 e. The molecule has 18 heavy (non-hydrogen) atoms. The van der Waals surface area contributed by atoms with Crippen LogP contribution in [0.3, 0.4) is 0 Å². The van der Waals surface area contributed by atoms with Gasteiger partial charge in [-0.15, -0.1) is 0 Å². The first kappa shape index (κ1) is 12.9. The third kappa shape index (κ3) is 2.33. The second-order valence-corrected chi connectivity index (χ2v) is 6.63. The predicted octanol–water partition coefficient (Wildman–Crippen LogP) is -0.345. The fraction of sp³-hybridized carbons (Fsp3) is 0.600. The Morgan fingerprint density at radius 3 is 2.67 bits per heavy atom. The number of aromatic nitrogens is 2. The maximum atomic E-state index is 11.9. The largest absolute Gasteiger partial charge is 0.456 e. The van der Waals surface area contributed by atoms with Crippen LogP contribution in [-0.2, 0) is 21.6 Å². The van der Waals surface area contributed by atoms with Crippen molar-refractivity contribution in [2.75, 3.05) is 17.2 Å². The summed E-state index contributed by atoms with van der Waals surface area (Å²) in [5.41, 5.74) is 6.71. The molecule has 0 aliphatic carbocycles. The minimum absolute atomic E-state index is 0.0604. The van der Waals surface area contributed by atoms with Crippen molar-refractivity contribution >= 4 is 21.5 Å². The minimum atomic E-state index is -3.07. The van der Waals surface area contributed by atoms with Crippen molar-refractivity contribution in [1.29, 1.82) is 0 Å². The lowest BCUT2D eigenvalue weighted by atomic mass is 10.3. The molecule has 8 heteroatoms. The molecule has 2 N–H and O–H groups in total. The lowest BCUT2D eigenvalue weighted by molar-refractivity contribution is 0.0345. The van der Waals surface area contributed by atoms with Gasteiger partial charge in [0.1, 0.15) is 6.10 Å². The lowest BCUT2D eigenvalue weighted by Gasteiger charge is -2.10. The van der Waals surface area contributed by atoms with E-state index in [0.29, 0.717) is 12.1 Å². The van der Waals surface area contributed by atoms with Crippen LogP contribution in [0.1, 0.15) is 22.6 Å². The molecule has 100 valence electrons. The monoisotopic (exact) mass is 273 g/mol. The van der Waals surface area contributed by atoms with Gasteiger partial charge in [0.15, 0.2) is 15.5 Å². The summed E-state index contributed by atoms with van der Waals surface area (Å²) in [5.74, 6) is -0.682. The number of nitrogen functional groups attached to an aromatic ring is 1. The molecule has 0 amide bonds. The van der Waals surface area contributed by atoms with Crippen LogP contribution in [0.4, 0.5) is 5.69 Å². The van der Waals surface area contributed by atoms with Crippen LogP contribution in [0.25, 0.3) is 0 Å². The predicted molar refractivity (Wildman–Crippen MR) is 64.8 cm³/mol. The highest BCUT2D eigenvalue weighted by molar-refractivity contribution is 7.91. The van der Waals surface area contributed by atoms with Crippen LogP contribution in [0.2, 0.25) is 0 Å². The van der Waals surface area contributed by atoms with Gasteiger partial charge in [0.25, 0.3) is 0 Å². The molecule has 0 bridgehead atoms. The van der Waals surface area contributed by atoms with Crippen molar-refractivity contribution in [3.8, 4) is 0 Å². The molecule has 0 saturated carbocycles. The van der Waals surface area contributed by atoms with E-state index in [4.69, 9.17) is 10.5 Å². The Morgan fingerprint density at radius 1 is 1.56 bits per heavy atom. The Kier molecular flexibility index (Phi) is 3.05. The van der Waals surface area contributed by atoms with E-state index >= 15 is 0 Å². The molecule has 0 aromatic carbocycles. The number of ether oxygens (including phenoxy) is 1. The van der Waals surface area contributed by atoms with Crippen LogP contribution in [-0.4, -0.2) is 41.8 Å². The smallest absolute Gasteiger partial charge is 0.359 e. The molecule has 1 saturated heterocycles. The Morgan fingerprint density at radius 2 is 2.22 bits per heavy atom. The molecule has 2 heterocycles.